The van der Waals surface area contributed by atoms with Gasteiger partial charge >= 0.3 is 0 Å². The number of halogens is 1. The summed E-state index contributed by atoms with van der Waals surface area (Å²) in [6.45, 7) is 3.41. The molecular formula is C26H29ClN4O4S. The Morgan fingerprint density at radius 2 is 1.97 bits per heavy atom. The average molecular weight is 529 g/mol. The van der Waals surface area contributed by atoms with E-state index in [1.165, 1.54) is 25.1 Å². The Labute approximate surface area is 216 Å². The van der Waals surface area contributed by atoms with Crippen LogP contribution in [0.15, 0.2) is 71.8 Å². The normalized spacial score (nSPS) is 16.1. The predicted molar refractivity (Wildman–Crippen MR) is 140 cm³/mol. The molecule has 0 aliphatic carbocycles. The Balaban J connectivity index is 1.27. The zero-order chi connectivity index (χ0) is 25.5. The Hall–Kier alpha value is -2.98. The van der Waals surface area contributed by atoms with Crippen LogP contribution in [0.25, 0.3) is 11.3 Å². The molecule has 0 radical (unpaired) electrons. The highest BCUT2D eigenvalue weighted by Crippen LogP contribution is 2.26. The number of hydrogen-bond acceptors (Lipinski definition) is 6. The number of rotatable bonds is 10. The molecule has 2 N–H and O–H groups in total. The number of anilines is 1. The number of nitrogens with zero attached hydrogens (tertiary/aromatic N) is 2. The molecule has 2 aromatic carbocycles. The Morgan fingerprint density at radius 3 is 2.67 bits per heavy atom. The highest BCUT2D eigenvalue weighted by atomic mass is 35.5. The van der Waals surface area contributed by atoms with Crippen LogP contribution in [-0.2, 0) is 14.8 Å². The van der Waals surface area contributed by atoms with Gasteiger partial charge in [-0.05, 0) is 80.4 Å². The van der Waals surface area contributed by atoms with Gasteiger partial charge in [0.05, 0.1) is 34.1 Å². The van der Waals surface area contributed by atoms with Crippen LogP contribution in [0.3, 0.4) is 0 Å². The highest BCUT2D eigenvalue weighted by molar-refractivity contribution is 7.89. The van der Waals surface area contributed by atoms with E-state index in [9.17, 15) is 13.2 Å². The lowest BCUT2D eigenvalue weighted by Gasteiger charge is -2.25. The third-order valence-electron chi connectivity index (χ3n) is 5.89. The van der Waals surface area contributed by atoms with Crippen molar-refractivity contribution in [3.8, 4) is 17.0 Å². The summed E-state index contributed by atoms with van der Waals surface area (Å²) in [6.07, 6.45) is 3.88. The third kappa shape index (κ3) is 6.82. The number of carbonyl (C=O) groups is 1. The van der Waals surface area contributed by atoms with Crippen molar-refractivity contribution in [3.05, 3.63) is 71.9 Å². The van der Waals surface area contributed by atoms with Crippen molar-refractivity contribution in [2.75, 3.05) is 25.0 Å². The number of sulfonamides is 1. The summed E-state index contributed by atoms with van der Waals surface area (Å²) in [5, 5.41) is 2.74. The van der Waals surface area contributed by atoms with Gasteiger partial charge < -0.3 is 10.1 Å². The zero-order valence-corrected chi connectivity index (χ0v) is 21.6. The van der Waals surface area contributed by atoms with Gasteiger partial charge in [0.2, 0.25) is 15.9 Å². The fourth-order valence-corrected chi connectivity index (χ4v) is 5.72. The maximum Gasteiger partial charge on any atom is 0.241 e. The van der Waals surface area contributed by atoms with E-state index in [1.807, 2.05) is 42.5 Å². The van der Waals surface area contributed by atoms with Crippen molar-refractivity contribution < 1.29 is 17.9 Å². The van der Waals surface area contributed by atoms with Gasteiger partial charge in [-0.2, -0.15) is 4.72 Å². The van der Waals surface area contributed by atoms with Gasteiger partial charge in [0.15, 0.2) is 0 Å². The maximum absolute atomic E-state index is 13.0. The molecule has 36 heavy (non-hydrogen) atoms. The standard InChI is InChI=1S/C26H29ClN4O4S/c1-19(32)29-25-13-12-22(18-23(25)27)36(33,34)30-26-7-4-15-31(26)16-5-17-35-21-10-8-20(9-11-21)24-6-2-3-14-28-24/h2-3,6,8-14,18,26,30H,4-5,7,15-17H2,1H3,(H,29,32)/t26-/m0/s1. The fraction of sp³-hybridized carbons (Fsp3) is 0.308. The number of benzene rings is 2. The van der Waals surface area contributed by atoms with E-state index in [1.54, 1.807) is 6.20 Å². The van der Waals surface area contributed by atoms with E-state index < -0.39 is 10.0 Å². The van der Waals surface area contributed by atoms with Crippen LogP contribution >= 0.6 is 11.6 Å². The lowest BCUT2D eigenvalue weighted by atomic mass is 10.1. The lowest BCUT2D eigenvalue weighted by Crippen LogP contribution is -2.44. The molecule has 2 heterocycles. The number of amides is 1. The molecule has 1 amide bonds. The molecule has 1 aliphatic rings. The van der Waals surface area contributed by atoms with E-state index >= 15 is 0 Å². The SMILES string of the molecule is CC(=O)Nc1ccc(S(=O)(=O)N[C@@H]2CCCN2CCCOc2ccc(-c3ccccn3)cc2)cc1Cl. The number of hydrogen-bond donors (Lipinski definition) is 2. The minimum absolute atomic E-state index is 0.0611. The smallest absolute Gasteiger partial charge is 0.241 e. The summed E-state index contributed by atoms with van der Waals surface area (Å²) in [7, 11) is -3.77. The monoisotopic (exact) mass is 528 g/mol. The topological polar surface area (TPSA) is 101 Å². The van der Waals surface area contributed by atoms with Gasteiger partial charge in [-0.1, -0.05) is 17.7 Å². The largest absolute Gasteiger partial charge is 0.494 e. The second kappa shape index (κ2) is 11.8. The summed E-state index contributed by atoms with van der Waals surface area (Å²) in [6, 6.07) is 17.9. The van der Waals surface area contributed by atoms with Gasteiger partial charge in [-0.25, -0.2) is 8.42 Å². The number of ether oxygens (including phenoxy) is 1. The van der Waals surface area contributed by atoms with Crippen molar-refractivity contribution in [3.63, 3.8) is 0 Å². The summed E-state index contributed by atoms with van der Waals surface area (Å²) < 4.78 is 34.6. The van der Waals surface area contributed by atoms with Crippen LogP contribution in [0.4, 0.5) is 5.69 Å². The number of nitrogens with one attached hydrogen (secondary N) is 2. The zero-order valence-electron chi connectivity index (χ0n) is 20.0. The van der Waals surface area contributed by atoms with Gasteiger partial charge in [0.1, 0.15) is 5.75 Å². The molecule has 1 saturated heterocycles. The highest BCUT2D eigenvalue weighted by Gasteiger charge is 2.29. The summed E-state index contributed by atoms with van der Waals surface area (Å²) >= 11 is 6.17. The second-order valence-corrected chi connectivity index (χ2v) is 10.7. The molecule has 0 bridgehead atoms. The molecule has 1 atom stereocenters. The Morgan fingerprint density at radius 1 is 1.17 bits per heavy atom. The summed E-state index contributed by atoms with van der Waals surface area (Å²) in [5.74, 6) is 0.505. The quantitative estimate of drug-likeness (QED) is 0.375. The first-order valence-electron chi connectivity index (χ1n) is 11.8. The van der Waals surface area contributed by atoms with E-state index in [4.69, 9.17) is 16.3 Å². The van der Waals surface area contributed by atoms with Crippen molar-refractivity contribution in [2.24, 2.45) is 0 Å². The van der Waals surface area contributed by atoms with Crippen LogP contribution < -0.4 is 14.8 Å². The first-order chi connectivity index (χ1) is 17.3. The molecule has 190 valence electrons. The molecule has 0 saturated carbocycles. The van der Waals surface area contributed by atoms with Crippen molar-refractivity contribution in [1.82, 2.24) is 14.6 Å². The van der Waals surface area contributed by atoms with Gasteiger partial charge in [-0.15, -0.1) is 0 Å². The average Bonchev–Trinajstić information content (AvgIpc) is 3.29. The Bertz CT molecular complexity index is 1290. The van der Waals surface area contributed by atoms with Crippen LogP contribution in [0.1, 0.15) is 26.2 Å². The minimum atomic E-state index is -3.77. The third-order valence-corrected chi connectivity index (χ3v) is 7.66. The molecular weight excluding hydrogens is 500 g/mol. The van der Waals surface area contributed by atoms with E-state index in [-0.39, 0.29) is 22.0 Å². The molecule has 1 aromatic heterocycles. The van der Waals surface area contributed by atoms with Gasteiger partial charge in [-0.3, -0.25) is 14.7 Å². The van der Waals surface area contributed by atoms with Crippen LogP contribution in [-0.4, -0.2) is 50.1 Å². The fourth-order valence-electron chi connectivity index (χ4n) is 4.14. The van der Waals surface area contributed by atoms with E-state index in [0.29, 0.717) is 18.8 Å². The van der Waals surface area contributed by atoms with Crippen molar-refractivity contribution >= 4 is 33.2 Å². The molecule has 8 nitrogen and oxygen atoms in total. The van der Waals surface area contributed by atoms with Crippen LogP contribution in [0.2, 0.25) is 5.02 Å². The molecule has 0 unspecified atom stereocenters. The molecule has 3 aromatic rings. The van der Waals surface area contributed by atoms with Crippen LogP contribution in [0, 0.1) is 0 Å². The van der Waals surface area contributed by atoms with Gasteiger partial charge in [0, 0.05) is 25.2 Å². The number of likely N-dealkylation sites (tertiary alicyclic amines) is 1. The number of carbonyl (C=O) groups excluding carboxylic acids is 1. The van der Waals surface area contributed by atoms with Crippen molar-refractivity contribution in [1.29, 1.82) is 0 Å². The summed E-state index contributed by atoms with van der Waals surface area (Å²) in [4.78, 5) is 17.8. The van der Waals surface area contributed by atoms with Crippen molar-refractivity contribution in [2.45, 2.75) is 37.2 Å². The molecule has 1 aliphatic heterocycles. The predicted octanol–water partition coefficient (Wildman–Crippen LogP) is 4.53. The van der Waals surface area contributed by atoms with E-state index in [2.05, 4.69) is 19.9 Å². The number of pyridine rings is 1. The number of aromatic nitrogens is 1. The lowest BCUT2D eigenvalue weighted by molar-refractivity contribution is -0.114. The minimum Gasteiger partial charge on any atom is -0.494 e. The van der Waals surface area contributed by atoms with E-state index in [0.717, 1.165) is 42.8 Å². The Kier molecular flexibility index (Phi) is 8.58. The molecule has 4 rings (SSSR count). The first kappa shape index (κ1) is 26.1. The molecule has 10 heteroatoms. The first-order valence-corrected chi connectivity index (χ1v) is 13.7. The molecule has 0 spiro atoms. The van der Waals surface area contributed by atoms with Crippen LogP contribution in [0.5, 0.6) is 5.75 Å². The second-order valence-electron chi connectivity index (χ2n) is 8.58. The molecule has 1 fully saturated rings. The maximum atomic E-state index is 13.0. The summed E-state index contributed by atoms with van der Waals surface area (Å²) in [5.41, 5.74) is 2.32. The van der Waals surface area contributed by atoms with Gasteiger partial charge in [0.25, 0.3) is 0 Å².